The minimum absolute atomic E-state index is 0.785. The predicted molar refractivity (Wildman–Crippen MR) is 71.9 cm³/mol. The summed E-state index contributed by atoms with van der Waals surface area (Å²) in [5, 5.41) is 1.95. The van der Waals surface area contributed by atoms with E-state index in [0.29, 0.717) is 0 Å². The molecule has 2 aromatic rings. The van der Waals surface area contributed by atoms with Crippen molar-refractivity contribution in [2.75, 3.05) is 0 Å². The largest absolute Gasteiger partial charge is 0.355 e. The number of aromatic amines is 1. The third kappa shape index (κ3) is 2.67. The summed E-state index contributed by atoms with van der Waals surface area (Å²) in [5.74, 6) is 0. The van der Waals surface area contributed by atoms with Gasteiger partial charge in [-0.1, -0.05) is 37.4 Å². The van der Waals surface area contributed by atoms with E-state index in [-0.39, 0.29) is 0 Å². The zero-order chi connectivity index (χ0) is 11.4. The van der Waals surface area contributed by atoms with E-state index in [4.69, 9.17) is 11.6 Å². The quantitative estimate of drug-likeness (QED) is 0.714. The zero-order valence-electron chi connectivity index (χ0n) is 9.46. The lowest BCUT2D eigenvalue weighted by atomic mass is 10.2. The molecule has 0 atom stereocenters. The Bertz CT molecular complexity index is 496. The summed E-state index contributed by atoms with van der Waals surface area (Å²) in [6.45, 7) is 2.21. The van der Waals surface area contributed by atoms with Crippen LogP contribution in [0.1, 0.15) is 31.9 Å². The lowest BCUT2D eigenvalue weighted by Crippen LogP contribution is -1.70. The molecule has 84 valence electrons. The first-order valence-corrected chi connectivity index (χ1v) is 6.12. The maximum absolute atomic E-state index is 5.94. The van der Waals surface area contributed by atoms with Crippen LogP contribution in [-0.4, -0.2) is 4.98 Å². The molecule has 0 radical (unpaired) electrons. The second-order valence-corrected chi connectivity index (χ2v) is 4.44. The summed E-state index contributed by atoms with van der Waals surface area (Å²) >= 11 is 5.94. The van der Waals surface area contributed by atoms with Crippen molar-refractivity contribution in [1.29, 1.82) is 0 Å². The second kappa shape index (κ2) is 5.22. The Morgan fingerprint density at radius 1 is 1.31 bits per heavy atom. The summed E-state index contributed by atoms with van der Waals surface area (Å²) in [5.41, 5.74) is 2.29. The van der Waals surface area contributed by atoms with Crippen molar-refractivity contribution in [2.45, 2.75) is 26.2 Å². The topological polar surface area (TPSA) is 15.8 Å². The number of fused-ring (bicyclic) bond motifs is 1. The Morgan fingerprint density at radius 2 is 2.19 bits per heavy atom. The molecule has 1 nitrogen and oxygen atoms in total. The van der Waals surface area contributed by atoms with Crippen LogP contribution < -0.4 is 0 Å². The molecule has 0 saturated heterocycles. The first kappa shape index (κ1) is 11.3. The van der Waals surface area contributed by atoms with Crippen LogP contribution in [-0.2, 0) is 0 Å². The van der Waals surface area contributed by atoms with Gasteiger partial charge in [-0.3, -0.25) is 0 Å². The number of rotatable bonds is 4. The number of H-pyrrole nitrogens is 1. The highest BCUT2D eigenvalue weighted by molar-refractivity contribution is 6.31. The second-order valence-electron chi connectivity index (χ2n) is 4.00. The van der Waals surface area contributed by atoms with Crippen LogP contribution in [0.15, 0.2) is 30.3 Å². The number of hydrogen-bond acceptors (Lipinski definition) is 0. The third-order valence-corrected chi connectivity index (χ3v) is 2.86. The summed E-state index contributed by atoms with van der Waals surface area (Å²) in [6.07, 6.45) is 8.00. The molecule has 0 spiro atoms. The average molecular weight is 234 g/mol. The summed E-state index contributed by atoms with van der Waals surface area (Å²) < 4.78 is 0. The van der Waals surface area contributed by atoms with Crippen LogP contribution in [0.5, 0.6) is 0 Å². The highest BCUT2D eigenvalue weighted by Gasteiger charge is 1.98. The molecule has 1 aromatic heterocycles. The van der Waals surface area contributed by atoms with Gasteiger partial charge < -0.3 is 4.98 Å². The molecule has 1 aromatic carbocycles. The predicted octanol–water partition coefficient (Wildman–Crippen LogP) is 5.02. The van der Waals surface area contributed by atoms with E-state index in [9.17, 15) is 0 Å². The molecule has 2 heteroatoms. The smallest absolute Gasteiger partial charge is 0.0459 e. The van der Waals surface area contributed by atoms with Gasteiger partial charge in [0.05, 0.1) is 0 Å². The van der Waals surface area contributed by atoms with Crippen LogP contribution in [0.25, 0.3) is 17.0 Å². The Morgan fingerprint density at radius 3 is 3.00 bits per heavy atom. The van der Waals surface area contributed by atoms with E-state index in [2.05, 4.69) is 30.1 Å². The number of unbranched alkanes of at least 4 members (excludes halogenated alkanes) is 2. The molecule has 16 heavy (non-hydrogen) atoms. The maximum Gasteiger partial charge on any atom is 0.0459 e. The van der Waals surface area contributed by atoms with Crippen molar-refractivity contribution in [3.8, 4) is 0 Å². The maximum atomic E-state index is 5.94. The molecule has 1 N–H and O–H groups in total. The van der Waals surface area contributed by atoms with Gasteiger partial charge >= 0.3 is 0 Å². The van der Waals surface area contributed by atoms with E-state index in [0.717, 1.165) is 22.7 Å². The van der Waals surface area contributed by atoms with E-state index in [1.807, 2.05) is 18.2 Å². The minimum atomic E-state index is 0.785. The van der Waals surface area contributed by atoms with Gasteiger partial charge in [0.2, 0.25) is 0 Å². The molecule has 1 heterocycles. The van der Waals surface area contributed by atoms with Gasteiger partial charge in [-0.25, -0.2) is 0 Å². The summed E-state index contributed by atoms with van der Waals surface area (Å²) in [4.78, 5) is 3.35. The molecular weight excluding hydrogens is 218 g/mol. The van der Waals surface area contributed by atoms with Crippen LogP contribution in [0.4, 0.5) is 0 Å². The van der Waals surface area contributed by atoms with Crippen LogP contribution >= 0.6 is 11.6 Å². The molecule has 2 rings (SSSR count). The van der Waals surface area contributed by atoms with Crippen molar-refractivity contribution in [1.82, 2.24) is 4.98 Å². The molecule has 0 aliphatic rings. The van der Waals surface area contributed by atoms with Gasteiger partial charge in [-0.2, -0.15) is 0 Å². The molecule has 0 saturated carbocycles. The van der Waals surface area contributed by atoms with Crippen LogP contribution in [0.3, 0.4) is 0 Å². The number of allylic oxidation sites excluding steroid dienone is 1. The Balaban J connectivity index is 2.16. The third-order valence-electron chi connectivity index (χ3n) is 2.63. The Kier molecular flexibility index (Phi) is 3.68. The zero-order valence-corrected chi connectivity index (χ0v) is 10.2. The minimum Gasteiger partial charge on any atom is -0.355 e. The number of nitrogens with one attached hydrogen (secondary N) is 1. The van der Waals surface area contributed by atoms with Crippen molar-refractivity contribution in [3.63, 3.8) is 0 Å². The van der Waals surface area contributed by atoms with Crippen LogP contribution in [0, 0.1) is 0 Å². The SMILES string of the molecule is CCCC/C=C/c1cc2cc(Cl)ccc2[nH]1. The lowest BCUT2D eigenvalue weighted by molar-refractivity contribution is 0.816. The average Bonchev–Trinajstić information content (AvgIpc) is 2.66. The lowest BCUT2D eigenvalue weighted by Gasteiger charge is -1.89. The molecule has 0 aliphatic carbocycles. The van der Waals surface area contributed by atoms with Gasteiger partial charge in [0.25, 0.3) is 0 Å². The van der Waals surface area contributed by atoms with E-state index in [1.54, 1.807) is 0 Å². The van der Waals surface area contributed by atoms with Crippen molar-refractivity contribution >= 4 is 28.6 Å². The molecule has 0 aliphatic heterocycles. The molecule has 0 unspecified atom stereocenters. The molecule has 0 bridgehead atoms. The van der Waals surface area contributed by atoms with Gasteiger partial charge in [0, 0.05) is 21.6 Å². The van der Waals surface area contributed by atoms with E-state index < -0.39 is 0 Å². The molecule has 0 fully saturated rings. The van der Waals surface area contributed by atoms with Gasteiger partial charge in [0.1, 0.15) is 0 Å². The number of hydrogen-bond donors (Lipinski definition) is 1. The summed E-state index contributed by atoms with van der Waals surface area (Å²) in [6, 6.07) is 8.03. The van der Waals surface area contributed by atoms with E-state index >= 15 is 0 Å². The van der Waals surface area contributed by atoms with Gasteiger partial charge in [-0.05, 0) is 36.8 Å². The monoisotopic (exact) mass is 233 g/mol. The van der Waals surface area contributed by atoms with Crippen molar-refractivity contribution in [3.05, 3.63) is 41.1 Å². The highest BCUT2D eigenvalue weighted by atomic mass is 35.5. The number of aromatic nitrogens is 1. The normalized spacial score (nSPS) is 11.6. The van der Waals surface area contributed by atoms with Gasteiger partial charge in [0.15, 0.2) is 0 Å². The van der Waals surface area contributed by atoms with Crippen LogP contribution in [0.2, 0.25) is 5.02 Å². The number of benzene rings is 1. The fourth-order valence-electron chi connectivity index (χ4n) is 1.75. The molecular formula is C14H16ClN. The van der Waals surface area contributed by atoms with Gasteiger partial charge in [-0.15, -0.1) is 0 Å². The number of halogens is 1. The summed E-state index contributed by atoms with van der Waals surface area (Å²) in [7, 11) is 0. The fourth-order valence-corrected chi connectivity index (χ4v) is 1.93. The first-order chi connectivity index (χ1) is 7.79. The highest BCUT2D eigenvalue weighted by Crippen LogP contribution is 2.20. The van der Waals surface area contributed by atoms with E-state index in [1.165, 1.54) is 18.2 Å². The Labute approximate surface area is 101 Å². The fraction of sp³-hybridized carbons (Fsp3) is 0.286. The first-order valence-electron chi connectivity index (χ1n) is 5.74. The van der Waals surface area contributed by atoms with Crippen molar-refractivity contribution in [2.24, 2.45) is 0 Å². The standard InChI is InChI=1S/C14H16ClN/c1-2-3-4-5-6-13-10-11-9-12(15)7-8-14(11)16-13/h5-10,16H,2-4H2,1H3/b6-5+. The van der Waals surface area contributed by atoms with Crippen molar-refractivity contribution < 1.29 is 0 Å². The Hall–Kier alpha value is -1.21. The molecule has 0 amide bonds.